The predicted octanol–water partition coefficient (Wildman–Crippen LogP) is 5.18. The van der Waals surface area contributed by atoms with Gasteiger partial charge < -0.3 is 5.32 Å². The van der Waals surface area contributed by atoms with Crippen molar-refractivity contribution in [2.75, 3.05) is 5.32 Å². The van der Waals surface area contributed by atoms with Crippen LogP contribution in [0.25, 0.3) is 0 Å². The van der Waals surface area contributed by atoms with E-state index >= 15 is 0 Å². The summed E-state index contributed by atoms with van der Waals surface area (Å²) in [7, 11) is 0. The molecule has 0 saturated carbocycles. The fraction of sp³-hybridized carbons (Fsp3) is 0.154. The van der Waals surface area contributed by atoms with Gasteiger partial charge >= 0.3 is 0 Å². The third kappa shape index (κ3) is 3.46. The minimum Gasteiger partial charge on any atom is -0.378 e. The average Bonchev–Trinajstić information content (AvgIpc) is 2.32. The molecule has 1 aromatic carbocycles. The van der Waals surface area contributed by atoms with Gasteiger partial charge in [-0.05, 0) is 62.5 Å². The highest BCUT2D eigenvalue weighted by atomic mass is 79.9. The van der Waals surface area contributed by atoms with Gasteiger partial charge in [-0.25, -0.2) is 0 Å². The molecule has 0 aliphatic heterocycles. The molecule has 1 heterocycles. The first-order valence-corrected chi connectivity index (χ1v) is 7.32. The van der Waals surface area contributed by atoms with Gasteiger partial charge in [0.25, 0.3) is 0 Å². The van der Waals surface area contributed by atoms with Crippen molar-refractivity contribution in [2.45, 2.75) is 13.5 Å². The van der Waals surface area contributed by atoms with Crippen LogP contribution < -0.4 is 5.32 Å². The van der Waals surface area contributed by atoms with Crippen LogP contribution in [0.5, 0.6) is 0 Å². The lowest BCUT2D eigenvalue weighted by atomic mass is 10.2. The SMILES string of the molecule is Cc1ccc(Cl)c(NCc2ncc(Br)cc2Br)c1. The summed E-state index contributed by atoms with van der Waals surface area (Å²) in [5.41, 5.74) is 3.04. The first kappa shape index (κ1) is 13.8. The zero-order valence-corrected chi connectivity index (χ0v) is 13.6. The van der Waals surface area contributed by atoms with E-state index in [4.69, 9.17) is 11.6 Å². The summed E-state index contributed by atoms with van der Waals surface area (Å²) in [6.45, 7) is 2.66. The molecular formula is C13H11Br2ClN2. The van der Waals surface area contributed by atoms with Gasteiger partial charge in [0.05, 0.1) is 22.9 Å². The van der Waals surface area contributed by atoms with Crippen molar-refractivity contribution in [2.24, 2.45) is 0 Å². The maximum Gasteiger partial charge on any atom is 0.0737 e. The van der Waals surface area contributed by atoms with Gasteiger partial charge in [0.2, 0.25) is 0 Å². The van der Waals surface area contributed by atoms with Crippen LogP contribution >= 0.6 is 43.5 Å². The number of hydrogen-bond acceptors (Lipinski definition) is 2. The first-order chi connectivity index (χ1) is 8.56. The summed E-state index contributed by atoms with van der Waals surface area (Å²) in [6, 6.07) is 7.88. The highest BCUT2D eigenvalue weighted by molar-refractivity contribution is 9.11. The minimum absolute atomic E-state index is 0.622. The molecule has 0 saturated heterocycles. The molecular weight excluding hydrogens is 379 g/mol. The molecule has 2 rings (SSSR count). The molecule has 1 aromatic heterocycles. The van der Waals surface area contributed by atoms with Crippen LogP contribution in [0.1, 0.15) is 11.3 Å². The average molecular weight is 391 g/mol. The lowest BCUT2D eigenvalue weighted by molar-refractivity contribution is 1.03. The number of hydrogen-bond donors (Lipinski definition) is 1. The molecule has 2 aromatic rings. The van der Waals surface area contributed by atoms with Crippen molar-refractivity contribution in [3.05, 3.63) is 55.7 Å². The third-order valence-corrected chi connectivity index (χ3v) is 3.90. The van der Waals surface area contributed by atoms with E-state index in [1.807, 2.05) is 31.2 Å². The molecule has 18 heavy (non-hydrogen) atoms. The second-order valence-corrected chi connectivity index (χ2v) is 6.10. The molecule has 0 spiro atoms. The zero-order valence-electron chi connectivity index (χ0n) is 9.67. The lowest BCUT2D eigenvalue weighted by Crippen LogP contribution is -2.03. The Morgan fingerprint density at radius 1 is 1.28 bits per heavy atom. The van der Waals surface area contributed by atoms with E-state index in [0.29, 0.717) is 11.6 Å². The molecule has 0 unspecified atom stereocenters. The number of halogens is 3. The highest BCUT2D eigenvalue weighted by Gasteiger charge is 2.04. The number of aryl methyl sites for hydroxylation is 1. The number of aromatic nitrogens is 1. The fourth-order valence-corrected chi connectivity index (χ4v) is 2.84. The molecule has 0 fully saturated rings. The van der Waals surface area contributed by atoms with Gasteiger partial charge in [-0.3, -0.25) is 4.98 Å². The lowest BCUT2D eigenvalue weighted by Gasteiger charge is -2.10. The van der Waals surface area contributed by atoms with E-state index in [1.165, 1.54) is 5.56 Å². The van der Waals surface area contributed by atoms with Crippen LogP contribution in [-0.4, -0.2) is 4.98 Å². The quantitative estimate of drug-likeness (QED) is 0.781. The number of benzene rings is 1. The number of pyridine rings is 1. The van der Waals surface area contributed by atoms with E-state index in [1.54, 1.807) is 6.20 Å². The van der Waals surface area contributed by atoms with Gasteiger partial charge in [-0.15, -0.1) is 0 Å². The Morgan fingerprint density at radius 3 is 2.78 bits per heavy atom. The normalized spacial score (nSPS) is 10.4. The number of anilines is 1. The van der Waals surface area contributed by atoms with Crippen LogP contribution in [0.2, 0.25) is 5.02 Å². The summed E-state index contributed by atoms with van der Waals surface area (Å²) >= 11 is 13.0. The second-order valence-electron chi connectivity index (χ2n) is 3.92. The Kier molecular flexibility index (Phi) is 4.65. The molecule has 1 N–H and O–H groups in total. The van der Waals surface area contributed by atoms with E-state index in [-0.39, 0.29) is 0 Å². The van der Waals surface area contributed by atoms with E-state index in [9.17, 15) is 0 Å². The first-order valence-electron chi connectivity index (χ1n) is 5.36. The third-order valence-electron chi connectivity index (χ3n) is 2.45. The Labute approximate surface area is 128 Å². The molecule has 0 atom stereocenters. The van der Waals surface area contributed by atoms with Crippen molar-refractivity contribution >= 4 is 49.1 Å². The number of nitrogens with one attached hydrogen (secondary N) is 1. The smallest absolute Gasteiger partial charge is 0.0737 e. The standard InChI is InChI=1S/C13H11Br2ClN2/c1-8-2-3-11(16)12(4-8)18-7-13-10(15)5-9(14)6-17-13/h2-6,18H,7H2,1H3. The van der Waals surface area contributed by atoms with Gasteiger partial charge in [0.1, 0.15) is 0 Å². The van der Waals surface area contributed by atoms with Gasteiger partial charge in [0, 0.05) is 15.1 Å². The summed E-state index contributed by atoms with van der Waals surface area (Å²) in [6.07, 6.45) is 1.78. The summed E-state index contributed by atoms with van der Waals surface area (Å²) in [5.74, 6) is 0. The number of nitrogens with zero attached hydrogens (tertiary/aromatic N) is 1. The Hall–Kier alpha value is -0.580. The predicted molar refractivity (Wildman–Crippen MR) is 83.2 cm³/mol. The minimum atomic E-state index is 0.622. The Morgan fingerprint density at radius 2 is 2.06 bits per heavy atom. The maximum absolute atomic E-state index is 6.13. The molecule has 5 heteroatoms. The van der Waals surface area contributed by atoms with Crippen LogP contribution in [0.4, 0.5) is 5.69 Å². The van der Waals surface area contributed by atoms with E-state index in [2.05, 4.69) is 42.2 Å². The molecule has 0 aliphatic carbocycles. The Bertz CT molecular complexity index is 573. The van der Waals surface area contributed by atoms with Crippen molar-refractivity contribution in [3.63, 3.8) is 0 Å². The van der Waals surface area contributed by atoms with Gasteiger partial charge in [0.15, 0.2) is 0 Å². The van der Waals surface area contributed by atoms with Crippen molar-refractivity contribution < 1.29 is 0 Å². The largest absolute Gasteiger partial charge is 0.378 e. The summed E-state index contributed by atoms with van der Waals surface area (Å²) in [4.78, 5) is 4.35. The zero-order chi connectivity index (χ0) is 13.1. The van der Waals surface area contributed by atoms with Crippen molar-refractivity contribution in [3.8, 4) is 0 Å². The second kappa shape index (κ2) is 6.04. The molecule has 2 nitrogen and oxygen atoms in total. The van der Waals surface area contributed by atoms with Crippen molar-refractivity contribution in [1.29, 1.82) is 0 Å². The topological polar surface area (TPSA) is 24.9 Å². The number of rotatable bonds is 3. The Balaban J connectivity index is 2.13. The van der Waals surface area contributed by atoms with E-state index in [0.717, 1.165) is 20.3 Å². The summed E-state index contributed by atoms with van der Waals surface area (Å²) < 4.78 is 1.92. The molecule has 0 radical (unpaired) electrons. The molecule has 0 aliphatic rings. The van der Waals surface area contributed by atoms with Crippen LogP contribution in [-0.2, 0) is 6.54 Å². The van der Waals surface area contributed by atoms with Crippen LogP contribution in [0, 0.1) is 6.92 Å². The monoisotopic (exact) mass is 388 g/mol. The maximum atomic E-state index is 6.13. The van der Waals surface area contributed by atoms with Crippen LogP contribution in [0.3, 0.4) is 0 Å². The summed E-state index contributed by atoms with van der Waals surface area (Å²) in [5, 5.41) is 4.01. The van der Waals surface area contributed by atoms with Crippen molar-refractivity contribution in [1.82, 2.24) is 4.98 Å². The highest BCUT2D eigenvalue weighted by Crippen LogP contribution is 2.25. The fourth-order valence-electron chi connectivity index (χ4n) is 1.53. The molecule has 0 amide bonds. The molecule has 94 valence electrons. The van der Waals surface area contributed by atoms with Gasteiger partial charge in [-0.1, -0.05) is 17.7 Å². The van der Waals surface area contributed by atoms with Gasteiger partial charge in [-0.2, -0.15) is 0 Å². The van der Waals surface area contributed by atoms with Crippen LogP contribution in [0.15, 0.2) is 39.4 Å². The van der Waals surface area contributed by atoms with E-state index < -0.39 is 0 Å². The molecule has 0 bridgehead atoms.